The Hall–Kier alpha value is -4.99. The molecule has 2 aromatic carbocycles. The highest BCUT2D eigenvalue weighted by atomic mass is 35.5. The van der Waals surface area contributed by atoms with Crippen molar-refractivity contribution in [3.63, 3.8) is 0 Å². The molecule has 4 heterocycles. The van der Waals surface area contributed by atoms with E-state index in [0.717, 1.165) is 12.1 Å². The molecule has 0 spiro atoms. The lowest BCUT2D eigenvalue weighted by molar-refractivity contribution is -0.140. The first-order chi connectivity index (χ1) is 29.0. The van der Waals surface area contributed by atoms with Crippen LogP contribution in [0.5, 0.6) is 0 Å². The lowest BCUT2D eigenvalue weighted by Crippen LogP contribution is -2.19. The van der Waals surface area contributed by atoms with Crippen LogP contribution in [0.15, 0.2) is 36.4 Å². The molecule has 14 nitrogen and oxygen atoms in total. The Bertz CT molecular complexity index is 2100. The fourth-order valence-corrected chi connectivity index (χ4v) is 6.33. The van der Waals surface area contributed by atoms with Crippen LogP contribution < -0.4 is 11.1 Å². The van der Waals surface area contributed by atoms with Crippen molar-refractivity contribution in [3.05, 3.63) is 110 Å². The van der Waals surface area contributed by atoms with Gasteiger partial charge in [-0.25, -0.2) is 46.3 Å². The van der Waals surface area contributed by atoms with Crippen molar-refractivity contribution >= 4 is 29.4 Å². The third-order valence-electron chi connectivity index (χ3n) is 8.92. The van der Waals surface area contributed by atoms with Gasteiger partial charge in [0.15, 0.2) is 12.6 Å². The summed E-state index contributed by atoms with van der Waals surface area (Å²) in [5.74, 6) is -1.68. The number of ether oxygens (including phenoxy) is 6. The number of nitrogens with two attached hydrogens (primary N) is 1. The van der Waals surface area contributed by atoms with Crippen LogP contribution in [0.2, 0.25) is 5.15 Å². The van der Waals surface area contributed by atoms with Crippen molar-refractivity contribution in [2.75, 3.05) is 46.0 Å². The summed E-state index contributed by atoms with van der Waals surface area (Å²) in [6, 6.07) is 6.40. The zero-order chi connectivity index (χ0) is 45.0. The van der Waals surface area contributed by atoms with Gasteiger partial charge in [-0.2, -0.15) is 0 Å². The van der Waals surface area contributed by atoms with Gasteiger partial charge in [-0.05, 0) is 27.7 Å². The molecule has 61 heavy (non-hydrogen) atoms. The summed E-state index contributed by atoms with van der Waals surface area (Å²) >= 11 is 6.08. The molecule has 2 aromatic heterocycles. The normalized spacial score (nSPS) is 15.1. The third kappa shape index (κ3) is 13.0. The van der Waals surface area contributed by atoms with E-state index in [9.17, 15) is 35.9 Å². The van der Waals surface area contributed by atoms with Gasteiger partial charge in [0.2, 0.25) is 0 Å². The van der Waals surface area contributed by atoms with Crippen molar-refractivity contribution in [2.24, 2.45) is 5.73 Å². The standard InChI is InChI=1S/C20H22F3N3O4.C11H13ClN2O4.C9H10F3N/c1-10(12-5-4-6-13(17(12)21)18(22)23)24-19-16(20-29-7-8-30-20)14(9-15(27)28-3)25-11(2)26-19;1-6-13-7(5-8(15)16-2)9(10(12)14-6)11-17-3-4-18-11;1-5(13)6-3-2-4-7(8(6)10)9(11)12/h4-6,10,18,20H,7-9H2,1-3H3,(H,24,25,26);11H,3-5H2,1-2H3;2-5,9H,13H2,1H3/t10-;;5-/m1.1/s1. The average molecular weight is 887 g/mol. The van der Waals surface area contributed by atoms with Crippen molar-refractivity contribution in [1.82, 2.24) is 19.9 Å². The Morgan fingerprint density at radius 1 is 0.721 bits per heavy atom. The van der Waals surface area contributed by atoms with E-state index in [0.29, 0.717) is 60.6 Å². The Balaban J connectivity index is 0.000000223. The second-order valence-corrected chi connectivity index (χ2v) is 13.7. The van der Waals surface area contributed by atoms with Crippen molar-refractivity contribution < 1.29 is 64.4 Å². The zero-order valence-corrected chi connectivity index (χ0v) is 34.7. The van der Waals surface area contributed by atoms with Gasteiger partial charge in [-0.3, -0.25) is 9.59 Å². The number of nitrogens with zero attached hydrogens (tertiary/aromatic N) is 4. The number of hydrogen-bond acceptors (Lipinski definition) is 14. The number of halogens is 7. The number of aryl methyl sites for hydroxylation is 2. The summed E-state index contributed by atoms with van der Waals surface area (Å²) in [6.45, 7) is 8.14. The van der Waals surface area contributed by atoms with Crippen LogP contribution in [0, 0.1) is 25.5 Å². The van der Waals surface area contributed by atoms with Gasteiger partial charge in [0.1, 0.15) is 34.3 Å². The largest absolute Gasteiger partial charge is 0.469 e. The smallest absolute Gasteiger partial charge is 0.311 e. The van der Waals surface area contributed by atoms with Crippen molar-refractivity contribution in [2.45, 2.75) is 78.1 Å². The molecular formula is C40H45ClF6N6O8. The molecule has 0 saturated carbocycles. The molecule has 2 saturated heterocycles. The summed E-state index contributed by atoms with van der Waals surface area (Å²) in [5, 5.41) is 3.28. The molecule has 0 unspecified atom stereocenters. The van der Waals surface area contributed by atoms with Crippen LogP contribution in [0.1, 0.15) is 108 Å². The van der Waals surface area contributed by atoms with Crippen LogP contribution in [0.4, 0.5) is 32.2 Å². The molecule has 21 heteroatoms. The third-order valence-corrected chi connectivity index (χ3v) is 9.21. The van der Waals surface area contributed by atoms with E-state index in [1.165, 1.54) is 38.5 Å². The number of rotatable bonds is 12. The number of alkyl halides is 4. The van der Waals surface area contributed by atoms with E-state index >= 15 is 0 Å². The van der Waals surface area contributed by atoms with Crippen LogP contribution in [0.3, 0.4) is 0 Å². The van der Waals surface area contributed by atoms with Gasteiger partial charge >= 0.3 is 11.9 Å². The SMILES string of the molecule is COC(=O)Cc1nc(C)nc(Cl)c1C1OCCO1.COC(=O)Cc1nc(C)nc(N[C@H](C)c2cccc(C(F)F)c2F)c1C1OCCO1.C[C@@H](N)c1cccc(C(F)F)c1F. The van der Waals surface area contributed by atoms with Crippen molar-refractivity contribution in [3.8, 4) is 0 Å². The Morgan fingerprint density at radius 2 is 1.13 bits per heavy atom. The molecular weight excluding hydrogens is 842 g/mol. The van der Waals surface area contributed by atoms with Crippen LogP contribution in [0.25, 0.3) is 0 Å². The average Bonchev–Trinajstić information content (AvgIpc) is 3.94. The molecule has 0 bridgehead atoms. The molecule has 332 valence electrons. The van der Waals surface area contributed by atoms with E-state index in [4.69, 9.17) is 41.0 Å². The molecule has 2 aliphatic rings. The Labute approximate surface area is 352 Å². The van der Waals surface area contributed by atoms with E-state index in [2.05, 4.69) is 30.0 Å². The molecule has 0 amide bonds. The van der Waals surface area contributed by atoms with Crippen LogP contribution in [-0.2, 0) is 50.9 Å². The molecule has 2 aliphatic heterocycles. The van der Waals surface area contributed by atoms with E-state index in [-0.39, 0.29) is 34.9 Å². The molecule has 0 aliphatic carbocycles. The number of methoxy groups -OCH3 is 2. The second kappa shape index (κ2) is 22.7. The number of nitrogens with one attached hydrogen (secondary N) is 1. The molecule has 4 aromatic rings. The topological polar surface area (TPSA) is 179 Å². The maximum Gasteiger partial charge on any atom is 0.311 e. The van der Waals surface area contributed by atoms with E-state index in [1.807, 2.05) is 0 Å². The van der Waals surface area contributed by atoms with Gasteiger partial charge in [0, 0.05) is 17.2 Å². The summed E-state index contributed by atoms with van der Waals surface area (Å²) in [5.41, 5.74) is 6.03. The number of esters is 2. The molecule has 2 fully saturated rings. The van der Waals surface area contributed by atoms with Gasteiger partial charge in [-0.15, -0.1) is 0 Å². The number of aromatic nitrogens is 4. The molecule has 6 rings (SSSR count). The molecule has 3 N–H and O–H groups in total. The fourth-order valence-electron chi connectivity index (χ4n) is 6.01. The lowest BCUT2D eigenvalue weighted by Gasteiger charge is -2.22. The maximum absolute atomic E-state index is 14.6. The second-order valence-electron chi connectivity index (χ2n) is 13.3. The minimum Gasteiger partial charge on any atom is -0.469 e. The van der Waals surface area contributed by atoms with Crippen LogP contribution >= 0.6 is 11.6 Å². The Morgan fingerprint density at radius 3 is 1.59 bits per heavy atom. The minimum absolute atomic E-state index is 0.0120. The van der Waals surface area contributed by atoms with Crippen molar-refractivity contribution in [1.29, 1.82) is 0 Å². The number of hydrogen-bond donors (Lipinski definition) is 2. The predicted molar refractivity (Wildman–Crippen MR) is 207 cm³/mol. The lowest BCUT2D eigenvalue weighted by atomic mass is 10.0. The number of carbonyl (C=O) groups is 2. The van der Waals surface area contributed by atoms with E-state index < -0.39 is 72.2 Å². The summed E-state index contributed by atoms with van der Waals surface area (Å²) in [4.78, 5) is 40.2. The predicted octanol–water partition coefficient (Wildman–Crippen LogP) is 7.78. The number of carbonyl (C=O) groups excluding carboxylic acids is 2. The zero-order valence-electron chi connectivity index (χ0n) is 33.9. The van der Waals surface area contributed by atoms with Gasteiger partial charge in [0.05, 0.1) is 93.2 Å². The first-order valence-electron chi connectivity index (χ1n) is 18.6. The van der Waals surface area contributed by atoms with Gasteiger partial charge in [-0.1, -0.05) is 48.0 Å². The molecule has 0 radical (unpaired) electrons. The Kier molecular flexibility index (Phi) is 18.1. The fraction of sp³-hybridized carbons (Fsp3) is 0.450. The highest BCUT2D eigenvalue weighted by Crippen LogP contribution is 2.35. The monoisotopic (exact) mass is 886 g/mol. The highest BCUT2D eigenvalue weighted by molar-refractivity contribution is 6.30. The summed E-state index contributed by atoms with van der Waals surface area (Å²) in [7, 11) is 2.58. The first-order valence-corrected chi connectivity index (χ1v) is 19.0. The molecule has 2 atom stereocenters. The quantitative estimate of drug-likeness (QED) is 0.0800. The van der Waals surface area contributed by atoms with Gasteiger partial charge < -0.3 is 39.5 Å². The van der Waals surface area contributed by atoms with Gasteiger partial charge in [0.25, 0.3) is 12.9 Å². The number of benzene rings is 2. The minimum atomic E-state index is -2.93. The maximum atomic E-state index is 14.6. The van der Waals surface area contributed by atoms with Crippen LogP contribution in [-0.4, -0.2) is 72.5 Å². The van der Waals surface area contributed by atoms with E-state index in [1.54, 1.807) is 27.7 Å². The summed E-state index contributed by atoms with van der Waals surface area (Å²) in [6.07, 6.45) is -7.29. The summed E-state index contributed by atoms with van der Waals surface area (Å²) < 4.78 is 110. The number of anilines is 1. The first kappa shape index (κ1) is 48.7. The highest BCUT2D eigenvalue weighted by Gasteiger charge is 2.30.